The molecule has 0 amide bonds. The summed E-state index contributed by atoms with van der Waals surface area (Å²) in [5, 5.41) is 0. The molecule has 0 saturated carbocycles. The van der Waals surface area contributed by atoms with Gasteiger partial charge in [0.15, 0.2) is 0 Å². The molecule has 38 heavy (non-hydrogen) atoms. The van der Waals surface area contributed by atoms with Gasteiger partial charge in [-0.2, -0.15) is 0 Å². The Morgan fingerprint density at radius 1 is 0.789 bits per heavy atom. The highest BCUT2D eigenvalue weighted by Crippen LogP contribution is 2.36. The van der Waals surface area contributed by atoms with Gasteiger partial charge in [0.2, 0.25) is 0 Å². The standard InChI is InChI=1S/C31H47NO6/c1-5-26(29-12-14-32-15-13-29)22-30(28-10-8-7-9-11-28)23-27(6-2)31(33)38-21-19-35-18-20-37-25(3)24-36-17-16-34-4/h7-15,25-27,30H,5-6,16-24H2,1-4H3. The Morgan fingerprint density at radius 2 is 1.47 bits per heavy atom. The fourth-order valence-corrected chi connectivity index (χ4v) is 4.55. The number of carbonyl (C=O) groups is 1. The van der Waals surface area contributed by atoms with Crippen molar-refractivity contribution in [1.29, 1.82) is 0 Å². The second-order valence-corrected chi connectivity index (χ2v) is 9.60. The van der Waals surface area contributed by atoms with Crippen LogP contribution in [0.5, 0.6) is 0 Å². The molecular weight excluding hydrogens is 482 g/mol. The minimum absolute atomic E-state index is 0.0120. The van der Waals surface area contributed by atoms with Crippen LogP contribution in [0.4, 0.5) is 0 Å². The molecule has 0 N–H and O–H groups in total. The number of ether oxygens (including phenoxy) is 5. The average molecular weight is 530 g/mol. The van der Waals surface area contributed by atoms with Gasteiger partial charge in [0.1, 0.15) is 6.61 Å². The van der Waals surface area contributed by atoms with Gasteiger partial charge < -0.3 is 23.7 Å². The molecule has 7 nitrogen and oxygen atoms in total. The van der Waals surface area contributed by atoms with Crippen molar-refractivity contribution in [3.05, 3.63) is 66.0 Å². The molecule has 212 valence electrons. The van der Waals surface area contributed by atoms with Crippen LogP contribution in [0.25, 0.3) is 0 Å². The molecule has 2 aromatic rings. The first kappa shape index (κ1) is 31.9. The van der Waals surface area contributed by atoms with Crippen molar-refractivity contribution in [3.8, 4) is 0 Å². The van der Waals surface area contributed by atoms with Gasteiger partial charge in [-0.15, -0.1) is 0 Å². The zero-order valence-electron chi connectivity index (χ0n) is 23.7. The van der Waals surface area contributed by atoms with Gasteiger partial charge in [-0.05, 0) is 67.7 Å². The predicted molar refractivity (Wildman–Crippen MR) is 149 cm³/mol. The predicted octanol–water partition coefficient (Wildman–Crippen LogP) is 5.79. The van der Waals surface area contributed by atoms with Gasteiger partial charge >= 0.3 is 5.97 Å². The van der Waals surface area contributed by atoms with Crippen LogP contribution in [0.3, 0.4) is 0 Å². The monoisotopic (exact) mass is 529 g/mol. The zero-order valence-corrected chi connectivity index (χ0v) is 23.7. The summed E-state index contributed by atoms with van der Waals surface area (Å²) in [6, 6.07) is 14.7. The third-order valence-corrected chi connectivity index (χ3v) is 6.79. The van der Waals surface area contributed by atoms with E-state index in [1.54, 1.807) is 7.11 Å². The molecule has 0 saturated heterocycles. The maximum absolute atomic E-state index is 13.0. The topological polar surface area (TPSA) is 76.1 Å². The Bertz CT molecular complexity index is 850. The molecule has 1 aromatic heterocycles. The largest absolute Gasteiger partial charge is 0.463 e. The highest BCUT2D eigenvalue weighted by atomic mass is 16.6. The van der Waals surface area contributed by atoms with Crippen molar-refractivity contribution >= 4 is 5.97 Å². The molecule has 0 spiro atoms. The first-order chi connectivity index (χ1) is 18.6. The van der Waals surface area contributed by atoms with Gasteiger partial charge in [0.25, 0.3) is 0 Å². The van der Waals surface area contributed by atoms with Crippen LogP contribution in [0.15, 0.2) is 54.9 Å². The Hall–Kier alpha value is -2.32. The summed E-state index contributed by atoms with van der Waals surface area (Å²) < 4.78 is 27.3. The van der Waals surface area contributed by atoms with E-state index in [4.69, 9.17) is 23.7 Å². The fourth-order valence-electron chi connectivity index (χ4n) is 4.55. The Labute approximate surface area is 229 Å². The second-order valence-electron chi connectivity index (χ2n) is 9.60. The number of pyridine rings is 1. The van der Waals surface area contributed by atoms with Gasteiger partial charge in [-0.1, -0.05) is 44.2 Å². The molecule has 0 aliphatic heterocycles. The van der Waals surface area contributed by atoms with Crippen LogP contribution in [0, 0.1) is 5.92 Å². The third-order valence-electron chi connectivity index (χ3n) is 6.79. The van der Waals surface area contributed by atoms with E-state index in [0.29, 0.717) is 45.6 Å². The molecule has 0 aliphatic carbocycles. The second kappa shape index (κ2) is 19.7. The number of benzene rings is 1. The van der Waals surface area contributed by atoms with Crippen LogP contribution in [0.2, 0.25) is 0 Å². The lowest BCUT2D eigenvalue weighted by molar-refractivity contribution is -0.150. The number of hydrogen-bond donors (Lipinski definition) is 0. The SMILES string of the molecule is CCC(CC(CC(CC)c1ccncc1)c1ccccc1)C(=O)OCCOCCOC(C)COCCOC. The Balaban J connectivity index is 1.78. The Morgan fingerprint density at radius 3 is 2.16 bits per heavy atom. The summed E-state index contributed by atoms with van der Waals surface area (Å²) in [7, 11) is 1.65. The molecule has 4 unspecified atom stereocenters. The molecule has 0 fully saturated rings. The maximum Gasteiger partial charge on any atom is 0.309 e. The van der Waals surface area contributed by atoms with Crippen molar-refractivity contribution in [1.82, 2.24) is 4.98 Å². The maximum atomic E-state index is 13.0. The van der Waals surface area contributed by atoms with Crippen LogP contribution >= 0.6 is 0 Å². The fraction of sp³-hybridized carbons (Fsp3) is 0.613. The summed E-state index contributed by atoms with van der Waals surface area (Å²) in [5.41, 5.74) is 2.57. The zero-order chi connectivity index (χ0) is 27.4. The van der Waals surface area contributed by atoms with E-state index >= 15 is 0 Å². The van der Waals surface area contributed by atoms with Crippen molar-refractivity contribution in [3.63, 3.8) is 0 Å². The van der Waals surface area contributed by atoms with E-state index in [1.807, 2.05) is 25.4 Å². The van der Waals surface area contributed by atoms with Crippen LogP contribution < -0.4 is 0 Å². The number of nitrogens with zero attached hydrogens (tertiary/aromatic N) is 1. The summed E-state index contributed by atoms with van der Waals surface area (Å²) >= 11 is 0. The number of carbonyl (C=O) groups excluding carboxylic acids is 1. The quantitative estimate of drug-likeness (QED) is 0.150. The molecule has 0 bridgehead atoms. The molecule has 0 radical (unpaired) electrons. The molecule has 2 rings (SSSR count). The lowest BCUT2D eigenvalue weighted by atomic mass is 9.79. The average Bonchev–Trinajstić information content (AvgIpc) is 2.96. The first-order valence-electron chi connectivity index (χ1n) is 14.0. The lowest BCUT2D eigenvalue weighted by Crippen LogP contribution is -2.23. The van der Waals surface area contributed by atoms with Gasteiger partial charge in [-0.25, -0.2) is 0 Å². The van der Waals surface area contributed by atoms with Crippen molar-refractivity contribution < 1.29 is 28.5 Å². The number of hydrogen-bond acceptors (Lipinski definition) is 7. The van der Waals surface area contributed by atoms with Crippen molar-refractivity contribution in [2.45, 2.75) is 64.4 Å². The molecule has 1 heterocycles. The number of methoxy groups -OCH3 is 1. The van der Waals surface area contributed by atoms with E-state index < -0.39 is 0 Å². The summed E-state index contributed by atoms with van der Waals surface area (Å²) in [6.45, 7) is 9.40. The van der Waals surface area contributed by atoms with Crippen molar-refractivity contribution in [2.24, 2.45) is 5.92 Å². The van der Waals surface area contributed by atoms with Gasteiger partial charge in [0.05, 0.1) is 51.7 Å². The Kier molecular flexibility index (Phi) is 16.5. The summed E-state index contributed by atoms with van der Waals surface area (Å²) in [5.74, 6) is 0.372. The number of esters is 1. The lowest BCUT2D eigenvalue weighted by Gasteiger charge is -2.26. The van der Waals surface area contributed by atoms with E-state index in [-0.39, 0.29) is 30.5 Å². The molecule has 0 aliphatic rings. The smallest absolute Gasteiger partial charge is 0.309 e. The third kappa shape index (κ3) is 12.5. The minimum atomic E-state index is -0.155. The minimum Gasteiger partial charge on any atom is -0.463 e. The normalized spacial score (nSPS) is 14.5. The first-order valence-corrected chi connectivity index (χ1v) is 14.0. The number of aromatic nitrogens is 1. The van der Waals surface area contributed by atoms with E-state index in [2.05, 4.69) is 55.2 Å². The van der Waals surface area contributed by atoms with Gasteiger partial charge in [0, 0.05) is 19.5 Å². The van der Waals surface area contributed by atoms with Crippen LogP contribution in [0.1, 0.15) is 69.4 Å². The summed E-state index contributed by atoms with van der Waals surface area (Å²) in [6.07, 6.45) is 7.22. The van der Waals surface area contributed by atoms with E-state index in [9.17, 15) is 4.79 Å². The molecule has 1 aromatic carbocycles. The van der Waals surface area contributed by atoms with Crippen LogP contribution in [-0.2, 0) is 28.5 Å². The van der Waals surface area contributed by atoms with Crippen molar-refractivity contribution in [2.75, 3.05) is 53.4 Å². The van der Waals surface area contributed by atoms with Crippen LogP contribution in [-0.4, -0.2) is 70.4 Å². The van der Waals surface area contributed by atoms with E-state index in [1.165, 1.54) is 11.1 Å². The van der Waals surface area contributed by atoms with E-state index in [0.717, 1.165) is 25.7 Å². The molecular formula is C31H47NO6. The molecule has 7 heteroatoms. The number of rotatable bonds is 21. The highest BCUT2D eigenvalue weighted by molar-refractivity contribution is 5.72. The highest BCUT2D eigenvalue weighted by Gasteiger charge is 2.26. The van der Waals surface area contributed by atoms with Gasteiger partial charge in [-0.3, -0.25) is 9.78 Å². The summed E-state index contributed by atoms with van der Waals surface area (Å²) in [4.78, 5) is 17.1. The molecule has 4 atom stereocenters.